The molecule has 1 N–H and O–H groups in total. The van der Waals surface area contributed by atoms with Gasteiger partial charge in [0.25, 0.3) is 11.6 Å². The average molecular weight is 385 g/mol. The Kier molecular flexibility index (Phi) is 5.36. The number of amides is 1. The van der Waals surface area contributed by atoms with Crippen LogP contribution in [0, 0.1) is 13.8 Å². The van der Waals surface area contributed by atoms with Gasteiger partial charge in [-0.15, -0.1) is 17.9 Å². The Balaban J connectivity index is 1.96. The fourth-order valence-corrected chi connectivity index (χ4v) is 3.38. The van der Waals surface area contributed by atoms with Crippen molar-refractivity contribution in [3.05, 3.63) is 47.0 Å². The number of hydrogen-bond donors (Lipinski definition) is 1. The van der Waals surface area contributed by atoms with Crippen molar-refractivity contribution >= 4 is 34.3 Å². The highest BCUT2D eigenvalue weighted by atomic mass is 32.1. The second-order valence-corrected chi connectivity index (χ2v) is 7.28. The summed E-state index contributed by atoms with van der Waals surface area (Å²) in [6.07, 6.45) is 0.600. The van der Waals surface area contributed by atoms with Gasteiger partial charge in [0.05, 0.1) is 27.2 Å². The zero-order valence-corrected chi connectivity index (χ0v) is 16.1. The van der Waals surface area contributed by atoms with Gasteiger partial charge in [-0.05, 0) is 39.0 Å². The van der Waals surface area contributed by atoms with Crippen LogP contribution in [0.5, 0.6) is 0 Å². The molecule has 0 bridgehead atoms. The van der Waals surface area contributed by atoms with E-state index >= 15 is 0 Å². The molecule has 0 saturated carbocycles. The van der Waals surface area contributed by atoms with Crippen LogP contribution in [0.25, 0.3) is 21.7 Å². The number of ether oxygens (including phenoxy) is 1. The second kappa shape index (κ2) is 7.71. The van der Waals surface area contributed by atoms with Crippen molar-refractivity contribution in [1.29, 1.82) is 0 Å². The van der Waals surface area contributed by atoms with Crippen LogP contribution >= 0.6 is 11.3 Å². The monoisotopic (exact) mass is 385 g/mol. The van der Waals surface area contributed by atoms with Gasteiger partial charge in [-0.2, -0.15) is 0 Å². The summed E-state index contributed by atoms with van der Waals surface area (Å²) in [5.74, 6) is -1.03. The standard InChI is InChI=1S/C19H19N3O4S/c1-5-8-20-17(23)12(4)25-19(24)13-9-14(15-7-6-10(2)27-15)21-18-16(13)11(3)22-26-18/h5-7,9,12H,1,8H2,2-4H3,(H,20,23)/t12-/m1/s1. The molecule has 1 amide bonds. The molecule has 0 spiro atoms. The summed E-state index contributed by atoms with van der Waals surface area (Å²) in [6, 6.07) is 5.55. The maximum atomic E-state index is 12.8. The number of carbonyl (C=O) groups excluding carboxylic acids is 2. The summed E-state index contributed by atoms with van der Waals surface area (Å²) in [6.45, 7) is 9.06. The lowest BCUT2D eigenvalue weighted by Crippen LogP contribution is -2.35. The van der Waals surface area contributed by atoms with Gasteiger partial charge >= 0.3 is 5.97 Å². The topological polar surface area (TPSA) is 94.3 Å². The number of esters is 1. The number of pyridine rings is 1. The third-order valence-electron chi connectivity index (χ3n) is 3.90. The number of thiophene rings is 1. The SMILES string of the molecule is C=CCNC(=O)[C@@H](C)OC(=O)c1cc(-c2ccc(C)s2)nc2onc(C)c12. The van der Waals surface area contributed by atoms with E-state index in [-0.39, 0.29) is 11.3 Å². The number of fused-ring (bicyclic) bond motifs is 1. The smallest absolute Gasteiger partial charge is 0.339 e. The summed E-state index contributed by atoms with van der Waals surface area (Å²) >= 11 is 1.55. The van der Waals surface area contributed by atoms with E-state index in [4.69, 9.17) is 9.26 Å². The molecular formula is C19H19N3O4S. The molecule has 0 fully saturated rings. The van der Waals surface area contributed by atoms with Gasteiger partial charge < -0.3 is 14.6 Å². The van der Waals surface area contributed by atoms with Gasteiger partial charge in [0.1, 0.15) is 0 Å². The van der Waals surface area contributed by atoms with E-state index in [2.05, 4.69) is 22.0 Å². The van der Waals surface area contributed by atoms with Crippen molar-refractivity contribution in [2.75, 3.05) is 6.54 Å². The molecule has 8 heteroatoms. The van der Waals surface area contributed by atoms with Crippen LogP contribution in [0.15, 0.2) is 35.4 Å². The van der Waals surface area contributed by atoms with Crippen molar-refractivity contribution in [3.63, 3.8) is 0 Å². The fraction of sp³-hybridized carbons (Fsp3) is 0.263. The predicted octanol–water partition coefficient (Wildman–Crippen LogP) is 3.42. The fourth-order valence-electron chi connectivity index (χ4n) is 2.55. The molecule has 3 rings (SSSR count). The van der Waals surface area contributed by atoms with Gasteiger partial charge in [0.2, 0.25) is 0 Å². The summed E-state index contributed by atoms with van der Waals surface area (Å²) in [5, 5.41) is 6.98. The van der Waals surface area contributed by atoms with Gasteiger partial charge in [-0.25, -0.2) is 9.78 Å². The molecule has 27 heavy (non-hydrogen) atoms. The highest BCUT2D eigenvalue weighted by molar-refractivity contribution is 7.15. The number of hydrogen-bond acceptors (Lipinski definition) is 7. The van der Waals surface area contributed by atoms with Crippen LogP contribution in [0.3, 0.4) is 0 Å². The number of aryl methyl sites for hydroxylation is 2. The quantitative estimate of drug-likeness (QED) is 0.516. The van der Waals surface area contributed by atoms with Crippen molar-refractivity contribution in [2.45, 2.75) is 26.9 Å². The first kappa shape index (κ1) is 18.8. The van der Waals surface area contributed by atoms with Crippen molar-refractivity contribution in [1.82, 2.24) is 15.5 Å². The predicted molar refractivity (Wildman–Crippen MR) is 103 cm³/mol. The Labute approximate surface area is 160 Å². The van der Waals surface area contributed by atoms with E-state index in [0.29, 0.717) is 23.3 Å². The largest absolute Gasteiger partial charge is 0.449 e. The minimum absolute atomic E-state index is 0.256. The number of aromatic nitrogens is 2. The lowest BCUT2D eigenvalue weighted by molar-refractivity contribution is -0.128. The van der Waals surface area contributed by atoms with E-state index in [0.717, 1.165) is 9.75 Å². The van der Waals surface area contributed by atoms with E-state index in [1.54, 1.807) is 30.4 Å². The molecule has 1 atom stereocenters. The Morgan fingerprint density at radius 3 is 2.85 bits per heavy atom. The molecule has 0 unspecified atom stereocenters. The number of rotatable bonds is 6. The molecule has 7 nitrogen and oxygen atoms in total. The van der Waals surface area contributed by atoms with E-state index in [1.165, 1.54) is 6.92 Å². The molecule has 3 aromatic heterocycles. The van der Waals surface area contributed by atoms with Crippen LogP contribution in [-0.4, -0.2) is 34.7 Å². The first-order chi connectivity index (χ1) is 12.9. The first-order valence-electron chi connectivity index (χ1n) is 8.34. The summed E-state index contributed by atoms with van der Waals surface area (Å²) in [7, 11) is 0. The third kappa shape index (κ3) is 3.90. The van der Waals surface area contributed by atoms with E-state index in [9.17, 15) is 9.59 Å². The van der Waals surface area contributed by atoms with E-state index < -0.39 is 18.0 Å². The molecule has 0 aliphatic heterocycles. The molecular weight excluding hydrogens is 366 g/mol. The van der Waals surface area contributed by atoms with Crippen LogP contribution in [-0.2, 0) is 9.53 Å². The zero-order valence-electron chi connectivity index (χ0n) is 15.2. The van der Waals surface area contributed by atoms with Gasteiger partial charge in [-0.3, -0.25) is 4.79 Å². The lowest BCUT2D eigenvalue weighted by Gasteiger charge is -2.13. The normalized spacial score (nSPS) is 12.0. The highest BCUT2D eigenvalue weighted by Crippen LogP contribution is 2.31. The molecule has 0 aromatic carbocycles. The Morgan fingerprint density at radius 2 is 2.19 bits per heavy atom. The maximum absolute atomic E-state index is 12.8. The average Bonchev–Trinajstić information content (AvgIpc) is 3.24. The Bertz CT molecular complexity index is 1020. The van der Waals surface area contributed by atoms with Crippen LogP contribution in [0.1, 0.15) is 27.9 Å². The number of carbonyl (C=O) groups is 2. The lowest BCUT2D eigenvalue weighted by atomic mass is 10.1. The Morgan fingerprint density at radius 1 is 1.41 bits per heavy atom. The first-order valence-corrected chi connectivity index (χ1v) is 9.15. The van der Waals surface area contributed by atoms with E-state index in [1.807, 2.05) is 19.1 Å². The van der Waals surface area contributed by atoms with Crippen LogP contribution in [0.4, 0.5) is 0 Å². The minimum Gasteiger partial charge on any atom is -0.449 e. The number of nitrogens with one attached hydrogen (secondary N) is 1. The third-order valence-corrected chi connectivity index (χ3v) is 4.93. The number of nitrogens with zero attached hydrogens (tertiary/aromatic N) is 2. The molecule has 0 radical (unpaired) electrons. The van der Waals surface area contributed by atoms with Crippen LogP contribution < -0.4 is 5.32 Å². The van der Waals surface area contributed by atoms with Crippen LogP contribution in [0.2, 0.25) is 0 Å². The van der Waals surface area contributed by atoms with Gasteiger partial charge in [-0.1, -0.05) is 11.2 Å². The van der Waals surface area contributed by atoms with Crippen molar-refractivity contribution in [2.24, 2.45) is 0 Å². The highest BCUT2D eigenvalue weighted by Gasteiger charge is 2.24. The Hall–Kier alpha value is -3.00. The van der Waals surface area contributed by atoms with Crippen molar-refractivity contribution < 1.29 is 18.8 Å². The summed E-state index contributed by atoms with van der Waals surface area (Å²) < 4.78 is 10.6. The minimum atomic E-state index is -0.951. The molecule has 3 heterocycles. The molecule has 140 valence electrons. The summed E-state index contributed by atoms with van der Waals surface area (Å²) in [4.78, 5) is 31.2. The molecule has 3 aromatic rings. The molecule has 0 aliphatic carbocycles. The van der Waals surface area contributed by atoms with Crippen molar-refractivity contribution in [3.8, 4) is 10.6 Å². The van der Waals surface area contributed by atoms with Gasteiger partial charge in [0.15, 0.2) is 6.10 Å². The second-order valence-electron chi connectivity index (χ2n) is 5.99. The summed E-state index contributed by atoms with van der Waals surface area (Å²) in [5.41, 5.74) is 1.64. The maximum Gasteiger partial charge on any atom is 0.339 e. The zero-order chi connectivity index (χ0) is 19.6. The van der Waals surface area contributed by atoms with Gasteiger partial charge in [0, 0.05) is 11.4 Å². The molecule has 0 saturated heterocycles. The molecule has 0 aliphatic rings.